The molecule has 23 heavy (non-hydrogen) atoms. The number of likely N-dealkylation sites (tertiary alicyclic amines) is 1. The van der Waals surface area contributed by atoms with Crippen LogP contribution in [0.5, 0.6) is 0 Å². The zero-order valence-electron chi connectivity index (χ0n) is 13.9. The van der Waals surface area contributed by atoms with Crippen LogP contribution in [0.3, 0.4) is 0 Å². The average Bonchev–Trinajstić information content (AvgIpc) is 3.00. The molecule has 1 aliphatic heterocycles. The summed E-state index contributed by atoms with van der Waals surface area (Å²) in [4.78, 5) is 39.0. The van der Waals surface area contributed by atoms with Crippen LogP contribution in [0.25, 0.3) is 0 Å². The molecular weight excluding hydrogens is 316 g/mol. The SMILES string of the molecule is CCOC(=O)c1c(NC(=O)[C@H]2CC(=O)N(CC)C2)sc(C)c1C. The number of nitrogens with one attached hydrogen (secondary N) is 1. The topological polar surface area (TPSA) is 75.7 Å². The Labute approximate surface area is 139 Å². The monoisotopic (exact) mass is 338 g/mol. The lowest BCUT2D eigenvalue weighted by Crippen LogP contribution is -2.28. The second-order valence-corrected chi connectivity index (χ2v) is 6.76. The van der Waals surface area contributed by atoms with E-state index < -0.39 is 5.97 Å². The molecule has 2 rings (SSSR count). The number of hydrogen-bond donors (Lipinski definition) is 1. The van der Waals surface area contributed by atoms with Crippen molar-refractivity contribution in [1.29, 1.82) is 0 Å². The molecule has 0 saturated carbocycles. The van der Waals surface area contributed by atoms with Gasteiger partial charge < -0.3 is 15.0 Å². The third-order valence-corrected chi connectivity index (χ3v) is 5.19. The second kappa shape index (κ2) is 7.12. The van der Waals surface area contributed by atoms with Crippen LogP contribution < -0.4 is 5.32 Å². The molecule has 0 unspecified atom stereocenters. The summed E-state index contributed by atoms with van der Waals surface area (Å²) in [5.41, 5.74) is 1.24. The summed E-state index contributed by atoms with van der Waals surface area (Å²) < 4.78 is 5.08. The third kappa shape index (κ3) is 3.55. The van der Waals surface area contributed by atoms with Crippen molar-refractivity contribution in [1.82, 2.24) is 4.90 Å². The Kier molecular flexibility index (Phi) is 5.41. The summed E-state index contributed by atoms with van der Waals surface area (Å²) in [6, 6.07) is 0. The summed E-state index contributed by atoms with van der Waals surface area (Å²) in [5, 5.41) is 3.32. The van der Waals surface area contributed by atoms with Crippen molar-refractivity contribution in [2.75, 3.05) is 25.0 Å². The van der Waals surface area contributed by atoms with Crippen molar-refractivity contribution in [3.05, 3.63) is 16.0 Å². The van der Waals surface area contributed by atoms with Gasteiger partial charge in [-0.15, -0.1) is 11.3 Å². The van der Waals surface area contributed by atoms with E-state index in [1.807, 2.05) is 20.8 Å². The highest BCUT2D eigenvalue weighted by atomic mass is 32.1. The minimum atomic E-state index is -0.428. The molecule has 1 aromatic rings. The molecule has 126 valence electrons. The van der Waals surface area contributed by atoms with Gasteiger partial charge in [-0.05, 0) is 33.3 Å². The molecule has 1 aliphatic rings. The molecule has 1 fully saturated rings. The lowest BCUT2D eigenvalue weighted by molar-refractivity contribution is -0.128. The predicted octanol–water partition coefficient (Wildman–Crippen LogP) is 2.35. The molecule has 0 bridgehead atoms. The lowest BCUT2D eigenvalue weighted by atomic mass is 10.1. The quantitative estimate of drug-likeness (QED) is 0.836. The highest BCUT2D eigenvalue weighted by Gasteiger charge is 2.34. The zero-order valence-corrected chi connectivity index (χ0v) is 14.7. The minimum Gasteiger partial charge on any atom is -0.462 e. The number of carbonyl (C=O) groups excluding carboxylic acids is 3. The van der Waals surface area contributed by atoms with E-state index in [9.17, 15) is 14.4 Å². The van der Waals surface area contributed by atoms with E-state index in [-0.39, 0.29) is 30.8 Å². The summed E-state index contributed by atoms with van der Waals surface area (Å²) in [6.45, 7) is 8.69. The van der Waals surface area contributed by atoms with E-state index in [1.54, 1.807) is 11.8 Å². The second-order valence-electron chi connectivity index (χ2n) is 5.53. The summed E-state index contributed by atoms with van der Waals surface area (Å²) in [5.74, 6) is -1.03. The van der Waals surface area contributed by atoms with Crippen LogP contribution in [-0.4, -0.2) is 42.4 Å². The van der Waals surface area contributed by atoms with Gasteiger partial charge in [-0.1, -0.05) is 0 Å². The highest BCUT2D eigenvalue weighted by Crippen LogP contribution is 2.33. The first kappa shape index (κ1) is 17.5. The number of nitrogens with zero attached hydrogens (tertiary/aromatic N) is 1. The first-order valence-corrected chi connectivity index (χ1v) is 8.56. The molecule has 7 heteroatoms. The largest absolute Gasteiger partial charge is 0.462 e. The van der Waals surface area contributed by atoms with Crippen LogP contribution >= 0.6 is 11.3 Å². The lowest BCUT2D eigenvalue weighted by Gasteiger charge is -2.13. The first-order chi connectivity index (χ1) is 10.9. The van der Waals surface area contributed by atoms with Crippen LogP contribution in [0.2, 0.25) is 0 Å². The fourth-order valence-corrected chi connectivity index (χ4v) is 3.68. The number of aryl methyl sites for hydroxylation is 1. The number of rotatable bonds is 5. The van der Waals surface area contributed by atoms with E-state index in [4.69, 9.17) is 4.74 Å². The van der Waals surface area contributed by atoms with Crippen molar-refractivity contribution >= 4 is 34.1 Å². The maximum Gasteiger partial charge on any atom is 0.341 e. The van der Waals surface area contributed by atoms with Gasteiger partial charge in [-0.3, -0.25) is 9.59 Å². The van der Waals surface area contributed by atoms with Gasteiger partial charge in [-0.25, -0.2) is 4.79 Å². The van der Waals surface area contributed by atoms with E-state index in [1.165, 1.54) is 11.3 Å². The normalized spacial score (nSPS) is 17.5. The number of esters is 1. The molecule has 1 N–H and O–H groups in total. The van der Waals surface area contributed by atoms with Crippen molar-refractivity contribution in [2.24, 2.45) is 5.92 Å². The van der Waals surface area contributed by atoms with Gasteiger partial charge >= 0.3 is 5.97 Å². The number of anilines is 1. The van der Waals surface area contributed by atoms with E-state index in [0.717, 1.165) is 10.4 Å². The van der Waals surface area contributed by atoms with E-state index >= 15 is 0 Å². The molecular formula is C16H22N2O4S. The fraction of sp³-hybridized carbons (Fsp3) is 0.562. The van der Waals surface area contributed by atoms with Crippen LogP contribution in [0.1, 0.15) is 41.1 Å². The Balaban J connectivity index is 2.17. The van der Waals surface area contributed by atoms with Crippen LogP contribution in [0, 0.1) is 19.8 Å². The molecule has 0 aliphatic carbocycles. The third-order valence-electron chi connectivity index (χ3n) is 4.07. The van der Waals surface area contributed by atoms with Gasteiger partial charge in [0, 0.05) is 24.4 Å². The maximum absolute atomic E-state index is 12.4. The number of carbonyl (C=O) groups is 3. The fourth-order valence-electron chi connectivity index (χ4n) is 2.63. The number of ether oxygens (including phenoxy) is 1. The Morgan fingerprint density at radius 2 is 2.04 bits per heavy atom. The van der Waals surface area contributed by atoms with E-state index in [2.05, 4.69) is 5.32 Å². The molecule has 2 heterocycles. The summed E-state index contributed by atoms with van der Waals surface area (Å²) >= 11 is 1.36. The zero-order chi connectivity index (χ0) is 17.1. The van der Waals surface area contributed by atoms with Gasteiger partial charge in [0.2, 0.25) is 11.8 Å². The Hall–Kier alpha value is -1.89. The number of thiophene rings is 1. The van der Waals surface area contributed by atoms with Crippen molar-refractivity contribution in [3.8, 4) is 0 Å². The van der Waals surface area contributed by atoms with Crippen LogP contribution in [0.4, 0.5) is 5.00 Å². The molecule has 2 amide bonds. The Morgan fingerprint density at radius 1 is 1.35 bits per heavy atom. The number of hydrogen-bond acceptors (Lipinski definition) is 5. The highest BCUT2D eigenvalue weighted by molar-refractivity contribution is 7.16. The van der Waals surface area contributed by atoms with Crippen LogP contribution in [-0.2, 0) is 14.3 Å². The molecule has 6 nitrogen and oxygen atoms in total. The predicted molar refractivity (Wildman–Crippen MR) is 88.7 cm³/mol. The van der Waals surface area contributed by atoms with Gasteiger partial charge in [0.25, 0.3) is 0 Å². The average molecular weight is 338 g/mol. The van der Waals surface area contributed by atoms with Gasteiger partial charge in [-0.2, -0.15) is 0 Å². The molecule has 1 atom stereocenters. The first-order valence-electron chi connectivity index (χ1n) is 7.74. The van der Waals surface area contributed by atoms with Crippen molar-refractivity contribution in [2.45, 2.75) is 34.1 Å². The number of amides is 2. The van der Waals surface area contributed by atoms with Gasteiger partial charge in [0.05, 0.1) is 18.1 Å². The molecule has 0 radical (unpaired) electrons. The molecule has 0 spiro atoms. The smallest absolute Gasteiger partial charge is 0.341 e. The van der Waals surface area contributed by atoms with Crippen LogP contribution in [0.15, 0.2) is 0 Å². The molecule has 0 aromatic carbocycles. The maximum atomic E-state index is 12.4. The van der Waals surface area contributed by atoms with Gasteiger partial charge in [0.1, 0.15) is 5.00 Å². The molecule has 1 aromatic heterocycles. The summed E-state index contributed by atoms with van der Waals surface area (Å²) in [7, 11) is 0. The van der Waals surface area contributed by atoms with Crippen molar-refractivity contribution < 1.29 is 19.1 Å². The Bertz CT molecular complexity index is 638. The van der Waals surface area contributed by atoms with E-state index in [0.29, 0.717) is 23.7 Å². The van der Waals surface area contributed by atoms with Crippen molar-refractivity contribution in [3.63, 3.8) is 0 Å². The van der Waals surface area contributed by atoms with Gasteiger partial charge in [0.15, 0.2) is 0 Å². The Morgan fingerprint density at radius 3 is 2.61 bits per heavy atom. The molecule has 1 saturated heterocycles. The summed E-state index contributed by atoms with van der Waals surface area (Å²) in [6.07, 6.45) is 0.220. The minimum absolute atomic E-state index is 0.00296. The standard InChI is InChI=1S/C16H22N2O4S/c1-5-18-8-11(7-12(18)19)14(20)17-15-13(16(21)22-6-2)9(3)10(4)23-15/h11H,5-8H2,1-4H3,(H,17,20)/t11-/m0/s1.